The van der Waals surface area contributed by atoms with E-state index in [4.69, 9.17) is 0 Å². The number of nitrogens with one attached hydrogen (secondary N) is 3. The second-order valence-electron chi connectivity index (χ2n) is 5.88. The molecule has 1 heterocycles. The predicted octanol–water partition coefficient (Wildman–Crippen LogP) is 1.65. The molecule has 1 fully saturated rings. The number of rotatable bonds is 3. The Hall–Kier alpha value is -2.08. The van der Waals surface area contributed by atoms with E-state index in [1.54, 1.807) is 24.3 Å². The van der Waals surface area contributed by atoms with Crippen LogP contribution in [0.2, 0.25) is 0 Å². The first-order valence-corrected chi connectivity index (χ1v) is 7.66. The van der Waals surface area contributed by atoms with Gasteiger partial charge in [0.2, 0.25) is 0 Å². The van der Waals surface area contributed by atoms with Crippen molar-refractivity contribution in [2.24, 2.45) is 0 Å². The number of hydrogen-bond acceptors (Lipinski definition) is 3. The Balaban J connectivity index is 1.99. The van der Waals surface area contributed by atoms with Gasteiger partial charge in [0, 0.05) is 43.0 Å². The van der Waals surface area contributed by atoms with Gasteiger partial charge in [-0.3, -0.25) is 4.79 Å². The van der Waals surface area contributed by atoms with Crippen molar-refractivity contribution in [2.75, 3.05) is 25.0 Å². The SMILES string of the molecule is CC(C)NC(=O)Nc1ccc(C(=O)N2CCNC[C@H]2C)cc1. The van der Waals surface area contributed by atoms with Gasteiger partial charge in [-0.2, -0.15) is 0 Å². The zero-order chi connectivity index (χ0) is 16.1. The molecule has 0 bridgehead atoms. The molecule has 0 saturated carbocycles. The Morgan fingerprint density at radius 3 is 2.55 bits per heavy atom. The zero-order valence-electron chi connectivity index (χ0n) is 13.3. The molecule has 1 atom stereocenters. The monoisotopic (exact) mass is 304 g/mol. The maximum atomic E-state index is 12.5. The molecule has 1 aliphatic heterocycles. The lowest BCUT2D eigenvalue weighted by molar-refractivity contribution is 0.0656. The highest BCUT2D eigenvalue weighted by Gasteiger charge is 2.23. The molecule has 0 radical (unpaired) electrons. The van der Waals surface area contributed by atoms with Gasteiger partial charge in [-0.05, 0) is 45.0 Å². The summed E-state index contributed by atoms with van der Waals surface area (Å²) >= 11 is 0. The van der Waals surface area contributed by atoms with Crippen LogP contribution in [-0.2, 0) is 0 Å². The minimum atomic E-state index is -0.246. The molecule has 3 N–H and O–H groups in total. The van der Waals surface area contributed by atoms with Gasteiger partial charge < -0.3 is 20.9 Å². The van der Waals surface area contributed by atoms with Crippen LogP contribution in [0.25, 0.3) is 0 Å². The van der Waals surface area contributed by atoms with Gasteiger partial charge in [0.25, 0.3) is 5.91 Å². The number of urea groups is 1. The first-order valence-electron chi connectivity index (χ1n) is 7.66. The lowest BCUT2D eigenvalue weighted by Crippen LogP contribution is -2.52. The van der Waals surface area contributed by atoms with Gasteiger partial charge in [-0.1, -0.05) is 0 Å². The van der Waals surface area contributed by atoms with Gasteiger partial charge in [-0.15, -0.1) is 0 Å². The molecule has 1 saturated heterocycles. The molecule has 6 nitrogen and oxygen atoms in total. The van der Waals surface area contributed by atoms with E-state index in [1.165, 1.54) is 0 Å². The Kier molecular flexibility index (Phi) is 5.38. The summed E-state index contributed by atoms with van der Waals surface area (Å²) in [4.78, 5) is 26.0. The largest absolute Gasteiger partial charge is 0.336 e. The summed E-state index contributed by atoms with van der Waals surface area (Å²) in [5.41, 5.74) is 1.31. The van der Waals surface area contributed by atoms with Gasteiger partial charge >= 0.3 is 6.03 Å². The second kappa shape index (κ2) is 7.26. The van der Waals surface area contributed by atoms with E-state index in [2.05, 4.69) is 16.0 Å². The molecule has 0 unspecified atom stereocenters. The maximum absolute atomic E-state index is 12.5. The van der Waals surface area contributed by atoms with E-state index < -0.39 is 0 Å². The summed E-state index contributed by atoms with van der Waals surface area (Å²) in [5.74, 6) is 0.0344. The van der Waals surface area contributed by atoms with E-state index in [9.17, 15) is 9.59 Å². The summed E-state index contributed by atoms with van der Waals surface area (Å²) in [7, 11) is 0. The van der Waals surface area contributed by atoms with Crippen LogP contribution in [0.15, 0.2) is 24.3 Å². The van der Waals surface area contributed by atoms with Crippen LogP contribution in [0.4, 0.5) is 10.5 Å². The molecule has 6 heteroatoms. The first kappa shape index (κ1) is 16.3. The molecule has 2 rings (SSSR count). The Morgan fingerprint density at radius 1 is 1.27 bits per heavy atom. The standard InChI is InChI=1S/C16H24N4O2/c1-11(2)18-16(22)19-14-6-4-13(5-7-14)15(21)20-9-8-17-10-12(20)3/h4-7,11-12,17H,8-10H2,1-3H3,(H2,18,19,22)/t12-/m1/s1. The van der Waals surface area contributed by atoms with Gasteiger partial charge in [0.05, 0.1) is 0 Å². The highest BCUT2D eigenvalue weighted by molar-refractivity contribution is 5.95. The van der Waals surface area contributed by atoms with Crippen molar-refractivity contribution in [3.05, 3.63) is 29.8 Å². The summed E-state index contributed by atoms with van der Waals surface area (Å²) in [6, 6.07) is 7.03. The summed E-state index contributed by atoms with van der Waals surface area (Å²) in [5, 5.41) is 8.77. The average molecular weight is 304 g/mol. The van der Waals surface area contributed by atoms with Crippen LogP contribution in [0.5, 0.6) is 0 Å². The van der Waals surface area contributed by atoms with Gasteiger partial charge in [-0.25, -0.2) is 4.79 Å². The molecular formula is C16H24N4O2. The van der Waals surface area contributed by atoms with Gasteiger partial charge in [0.15, 0.2) is 0 Å². The quantitative estimate of drug-likeness (QED) is 0.795. The first-order chi connectivity index (χ1) is 10.5. The Morgan fingerprint density at radius 2 is 1.95 bits per heavy atom. The van der Waals surface area contributed by atoms with Crippen LogP contribution < -0.4 is 16.0 Å². The summed E-state index contributed by atoms with van der Waals surface area (Å²) in [6.07, 6.45) is 0. The topological polar surface area (TPSA) is 73.5 Å². The van der Waals surface area contributed by atoms with E-state index in [-0.39, 0.29) is 24.0 Å². The highest BCUT2D eigenvalue weighted by atomic mass is 16.2. The van der Waals surface area contributed by atoms with Crippen molar-refractivity contribution in [1.82, 2.24) is 15.5 Å². The molecular weight excluding hydrogens is 280 g/mol. The number of benzene rings is 1. The lowest BCUT2D eigenvalue weighted by Gasteiger charge is -2.34. The van der Waals surface area contributed by atoms with Crippen molar-refractivity contribution in [1.29, 1.82) is 0 Å². The van der Waals surface area contributed by atoms with Crippen molar-refractivity contribution in [2.45, 2.75) is 32.9 Å². The summed E-state index contributed by atoms with van der Waals surface area (Å²) in [6.45, 7) is 8.20. The minimum absolute atomic E-state index is 0.0344. The predicted molar refractivity (Wildman–Crippen MR) is 87.1 cm³/mol. The molecule has 3 amide bonds. The smallest absolute Gasteiger partial charge is 0.319 e. The normalized spacial score (nSPS) is 18.2. The fourth-order valence-corrected chi connectivity index (χ4v) is 2.43. The fourth-order valence-electron chi connectivity index (χ4n) is 2.43. The van der Waals surface area contributed by atoms with E-state index in [0.717, 1.165) is 19.6 Å². The molecule has 0 aliphatic carbocycles. The third kappa shape index (κ3) is 4.21. The molecule has 120 valence electrons. The van der Waals surface area contributed by atoms with Crippen LogP contribution in [-0.4, -0.2) is 48.6 Å². The number of anilines is 1. The lowest BCUT2D eigenvalue weighted by atomic mass is 10.1. The van der Waals surface area contributed by atoms with Crippen LogP contribution in [0.1, 0.15) is 31.1 Å². The van der Waals surface area contributed by atoms with E-state index >= 15 is 0 Å². The van der Waals surface area contributed by atoms with E-state index in [0.29, 0.717) is 11.3 Å². The molecule has 0 spiro atoms. The van der Waals surface area contributed by atoms with Crippen LogP contribution >= 0.6 is 0 Å². The minimum Gasteiger partial charge on any atom is -0.336 e. The average Bonchev–Trinajstić information content (AvgIpc) is 2.47. The Labute approximate surface area is 131 Å². The molecule has 1 aliphatic rings. The van der Waals surface area contributed by atoms with Crippen molar-refractivity contribution in [3.63, 3.8) is 0 Å². The van der Waals surface area contributed by atoms with Crippen molar-refractivity contribution in [3.8, 4) is 0 Å². The van der Waals surface area contributed by atoms with Crippen LogP contribution in [0.3, 0.4) is 0 Å². The van der Waals surface area contributed by atoms with E-state index in [1.807, 2.05) is 25.7 Å². The number of hydrogen-bond donors (Lipinski definition) is 3. The molecule has 1 aromatic carbocycles. The number of nitrogens with zero attached hydrogens (tertiary/aromatic N) is 1. The third-order valence-corrected chi connectivity index (χ3v) is 3.57. The molecule has 0 aromatic heterocycles. The van der Waals surface area contributed by atoms with Gasteiger partial charge in [0.1, 0.15) is 0 Å². The number of carbonyl (C=O) groups excluding carboxylic acids is 2. The van der Waals surface area contributed by atoms with Crippen LogP contribution in [0, 0.1) is 0 Å². The second-order valence-corrected chi connectivity index (χ2v) is 5.88. The third-order valence-electron chi connectivity index (χ3n) is 3.57. The molecule has 22 heavy (non-hydrogen) atoms. The number of amides is 3. The maximum Gasteiger partial charge on any atom is 0.319 e. The van der Waals surface area contributed by atoms with Crippen molar-refractivity contribution < 1.29 is 9.59 Å². The fraction of sp³-hybridized carbons (Fsp3) is 0.500. The summed E-state index contributed by atoms with van der Waals surface area (Å²) < 4.78 is 0. The Bertz CT molecular complexity index is 527. The number of carbonyl (C=O) groups is 2. The number of piperazine rings is 1. The highest BCUT2D eigenvalue weighted by Crippen LogP contribution is 2.14. The van der Waals surface area contributed by atoms with Crippen molar-refractivity contribution >= 4 is 17.6 Å². The molecule has 1 aromatic rings. The zero-order valence-corrected chi connectivity index (χ0v) is 13.3.